The lowest BCUT2D eigenvalue weighted by Gasteiger charge is -2.17. The number of hydrogen-bond donors (Lipinski definition) is 0. The zero-order valence-corrected chi connectivity index (χ0v) is 7.29. The average Bonchev–Trinajstić information content (AvgIpc) is 2.57. The van der Waals surface area contributed by atoms with Gasteiger partial charge in [-0.25, -0.2) is 0 Å². The first-order valence-corrected chi connectivity index (χ1v) is 4.34. The van der Waals surface area contributed by atoms with E-state index in [4.69, 9.17) is 4.84 Å². The molecular formula is C10H13NO. The summed E-state index contributed by atoms with van der Waals surface area (Å²) in [6.07, 6.45) is 1.13. The van der Waals surface area contributed by atoms with Crippen molar-refractivity contribution in [2.75, 3.05) is 18.2 Å². The molecule has 1 saturated heterocycles. The Morgan fingerprint density at radius 1 is 1.33 bits per heavy atom. The highest BCUT2D eigenvalue weighted by atomic mass is 16.7. The second-order valence-corrected chi connectivity index (χ2v) is 3.08. The lowest BCUT2D eigenvalue weighted by Crippen LogP contribution is -2.16. The van der Waals surface area contributed by atoms with Gasteiger partial charge >= 0.3 is 0 Å². The van der Waals surface area contributed by atoms with Crippen LogP contribution in [0.15, 0.2) is 24.3 Å². The van der Waals surface area contributed by atoms with Crippen molar-refractivity contribution in [2.24, 2.45) is 0 Å². The Kier molecular flexibility index (Phi) is 2.00. The van der Waals surface area contributed by atoms with Gasteiger partial charge in [0.2, 0.25) is 0 Å². The molecule has 0 amide bonds. The van der Waals surface area contributed by atoms with Crippen molar-refractivity contribution in [1.82, 2.24) is 0 Å². The van der Waals surface area contributed by atoms with E-state index in [0.29, 0.717) is 0 Å². The summed E-state index contributed by atoms with van der Waals surface area (Å²) < 4.78 is 0. The lowest BCUT2D eigenvalue weighted by molar-refractivity contribution is 0.168. The number of hydrogen-bond acceptors (Lipinski definition) is 2. The normalized spacial score (nSPS) is 16.9. The van der Waals surface area contributed by atoms with Gasteiger partial charge in [0.15, 0.2) is 0 Å². The summed E-state index contributed by atoms with van der Waals surface area (Å²) in [5.74, 6) is 0. The number of nitrogens with zero attached hydrogens (tertiary/aromatic N) is 1. The maximum atomic E-state index is 5.45. The van der Waals surface area contributed by atoms with Gasteiger partial charge in [0.25, 0.3) is 0 Å². The summed E-state index contributed by atoms with van der Waals surface area (Å²) in [7, 11) is 0. The Balaban J connectivity index is 2.26. The number of hydroxylamine groups is 1. The Hall–Kier alpha value is -1.02. The lowest BCUT2D eigenvalue weighted by atomic mass is 10.2. The minimum atomic E-state index is 0.855. The Morgan fingerprint density at radius 2 is 2.17 bits per heavy atom. The predicted molar refractivity (Wildman–Crippen MR) is 49.1 cm³/mol. The molecule has 12 heavy (non-hydrogen) atoms. The number of rotatable bonds is 1. The first-order chi connectivity index (χ1) is 5.88. The van der Waals surface area contributed by atoms with E-state index >= 15 is 0 Å². The van der Waals surface area contributed by atoms with Crippen LogP contribution in [-0.4, -0.2) is 13.2 Å². The molecule has 1 aliphatic rings. The standard InChI is InChI=1S/C10H13NO/c1-9-5-2-3-6-10(9)11-7-4-8-12-11/h2-3,5-6H,4,7-8H2,1H3. The molecule has 1 aliphatic heterocycles. The largest absolute Gasteiger partial charge is 0.273 e. The van der Waals surface area contributed by atoms with Crippen LogP contribution in [-0.2, 0) is 4.84 Å². The second kappa shape index (κ2) is 3.15. The van der Waals surface area contributed by atoms with Gasteiger partial charge in [-0.2, -0.15) is 0 Å². The predicted octanol–water partition coefficient (Wildman–Crippen LogP) is 2.14. The SMILES string of the molecule is Cc1ccccc1N1CCCO1. The minimum absolute atomic E-state index is 0.855. The molecular weight excluding hydrogens is 150 g/mol. The van der Waals surface area contributed by atoms with Crippen LogP contribution in [0.2, 0.25) is 0 Å². The van der Waals surface area contributed by atoms with E-state index in [0.717, 1.165) is 19.6 Å². The van der Waals surface area contributed by atoms with E-state index < -0.39 is 0 Å². The molecule has 0 aliphatic carbocycles. The molecule has 0 spiro atoms. The third-order valence-electron chi connectivity index (χ3n) is 2.14. The molecule has 0 atom stereocenters. The molecule has 1 aromatic carbocycles. The van der Waals surface area contributed by atoms with E-state index in [9.17, 15) is 0 Å². The van der Waals surface area contributed by atoms with Crippen molar-refractivity contribution < 1.29 is 4.84 Å². The third kappa shape index (κ3) is 1.30. The highest BCUT2D eigenvalue weighted by molar-refractivity contribution is 5.51. The maximum Gasteiger partial charge on any atom is 0.0766 e. The third-order valence-corrected chi connectivity index (χ3v) is 2.14. The summed E-state index contributed by atoms with van der Waals surface area (Å²) in [5.41, 5.74) is 2.48. The molecule has 1 fully saturated rings. The van der Waals surface area contributed by atoms with Crippen LogP contribution in [0, 0.1) is 6.92 Å². The van der Waals surface area contributed by atoms with Gasteiger partial charge < -0.3 is 0 Å². The molecule has 1 heterocycles. The zero-order chi connectivity index (χ0) is 8.39. The topological polar surface area (TPSA) is 12.5 Å². The van der Waals surface area contributed by atoms with Crippen LogP contribution < -0.4 is 5.06 Å². The highest BCUT2D eigenvalue weighted by Gasteiger charge is 2.14. The summed E-state index contributed by atoms with van der Waals surface area (Å²) in [6.45, 7) is 3.98. The van der Waals surface area contributed by atoms with Crippen LogP contribution in [0.3, 0.4) is 0 Å². The monoisotopic (exact) mass is 163 g/mol. The molecule has 0 N–H and O–H groups in total. The van der Waals surface area contributed by atoms with Gasteiger partial charge in [-0.1, -0.05) is 18.2 Å². The van der Waals surface area contributed by atoms with Crippen molar-refractivity contribution in [2.45, 2.75) is 13.3 Å². The minimum Gasteiger partial charge on any atom is -0.273 e. The van der Waals surface area contributed by atoms with Crippen LogP contribution >= 0.6 is 0 Å². The fraction of sp³-hybridized carbons (Fsp3) is 0.400. The van der Waals surface area contributed by atoms with Crippen LogP contribution in [0.25, 0.3) is 0 Å². The van der Waals surface area contributed by atoms with Crippen molar-refractivity contribution in [3.05, 3.63) is 29.8 Å². The Labute approximate surface area is 72.7 Å². The molecule has 2 rings (SSSR count). The van der Waals surface area contributed by atoms with Gasteiger partial charge in [0.05, 0.1) is 12.3 Å². The summed E-state index contributed by atoms with van der Waals surface area (Å²) in [6, 6.07) is 8.30. The van der Waals surface area contributed by atoms with Gasteiger partial charge in [0.1, 0.15) is 0 Å². The molecule has 1 aromatic rings. The molecule has 0 saturated carbocycles. The van der Waals surface area contributed by atoms with Gasteiger partial charge in [0, 0.05) is 6.54 Å². The van der Waals surface area contributed by atoms with Crippen molar-refractivity contribution in [1.29, 1.82) is 0 Å². The van der Waals surface area contributed by atoms with Gasteiger partial charge in [-0.05, 0) is 25.0 Å². The number of para-hydroxylation sites is 1. The van der Waals surface area contributed by atoms with Crippen molar-refractivity contribution >= 4 is 5.69 Å². The summed E-state index contributed by atoms with van der Waals surface area (Å²) in [5, 5.41) is 1.98. The van der Waals surface area contributed by atoms with Crippen LogP contribution in [0.4, 0.5) is 5.69 Å². The summed E-state index contributed by atoms with van der Waals surface area (Å²) in [4.78, 5) is 5.45. The second-order valence-electron chi connectivity index (χ2n) is 3.08. The molecule has 0 bridgehead atoms. The number of anilines is 1. The van der Waals surface area contributed by atoms with E-state index in [-0.39, 0.29) is 0 Å². The summed E-state index contributed by atoms with van der Waals surface area (Å²) >= 11 is 0. The highest BCUT2D eigenvalue weighted by Crippen LogP contribution is 2.22. The smallest absolute Gasteiger partial charge is 0.0766 e. The number of benzene rings is 1. The molecule has 0 aromatic heterocycles. The van der Waals surface area contributed by atoms with Crippen LogP contribution in [0.5, 0.6) is 0 Å². The zero-order valence-electron chi connectivity index (χ0n) is 7.29. The fourth-order valence-electron chi connectivity index (χ4n) is 1.48. The number of aryl methyl sites for hydroxylation is 1. The van der Waals surface area contributed by atoms with E-state index in [2.05, 4.69) is 25.1 Å². The average molecular weight is 163 g/mol. The van der Waals surface area contributed by atoms with Gasteiger partial charge in [-0.3, -0.25) is 9.90 Å². The van der Waals surface area contributed by atoms with E-state index in [1.807, 2.05) is 11.1 Å². The maximum absolute atomic E-state index is 5.45. The Morgan fingerprint density at radius 3 is 2.83 bits per heavy atom. The Bertz CT molecular complexity index is 266. The first-order valence-electron chi connectivity index (χ1n) is 4.34. The first kappa shape index (κ1) is 7.62. The molecule has 2 heteroatoms. The quantitative estimate of drug-likeness (QED) is 0.629. The van der Waals surface area contributed by atoms with Gasteiger partial charge in [-0.15, -0.1) is 0 Å². The van der Waals surface area contributed by atoms with Crippen molar-refractivity contribution in [3.63, 3.8) is 0 Å². The van der Waals surface area contributed by atoms with Crippen LogP contribution in [0.1, 0.15) is 12.0 Å². The molecule has 64 valence electrons. The molecule has 0 radical (unpaired) electrons. The fourth-order valence-corrected chi connectivity index (χ4v) is 1.48. The molecule has 2 nitrogen and oxygen atoms in total. The molecule has 0 unspecified atom stereocenters. The van der Waals surface area contributed by atoms with E-state index in [1.54, 1.807) is 0 Å². The van der Waals surface area contributed by atoms with E-state index in [1.165, 1.54) is 11.3 Å². The van der Waals surface area contributed by atoms with Crippen molar-refractivity contribution in [3.8, 4) is 0 Å².